The Bertz CT molecular complexity index is 450. The van der Waals surface area contributed by atoms with E-state index in [9.17, 15) is 9.18 Å². The van der Waals surface area contributed by atoms with E-state index in [1.165, 1.54) is 12.1 Å². The smallest absolute Gasteiger partial charge is 0.238 e. The minimum absolute atomic E-state index is 0. The number of hydrogen-bond acceptors (Lipinski definition) is 3. The first kappa shape index (κ1) is 17.9. The van der Waals surface area contributed by atoms with Crippen LogP contribution in [0.1, 0.15) is 19.3 Å². The number of benzene rings is 1. The molecule has 0 aromatic heterocycles. The highest BCUT2D eigenvalue weighted by molar-refractivity contribution is 5.92. The third-order valence-corrected chi connectivity index (χ3v) is 3.67. The van der Waals surface area contributed by atoms with Crippen LogP contribution >= 0.6 is 12.4 Å². The molecule has 0 bridgehead atoms. The lowest BCUT2D eigenvalue weighted by atomic mass is 10.1. The van der Waals surface area contributed by atoms with Crippen LogP contribution in [0.25, 0.3) is 0 Å². The number of rotatable bonds is 4. The maximum absolute atomic E-state index is 13.0. The summed E-state index contributed by atoms with van der Waals surface area (Å²) in [6, 6.07) is 6.40. The van der Waals surface area contributed by atoms with Crippen LogP contribution in [0.15, 0.2) is 24.3 Å². The van der Waals surface area contributed by atoms with Crippen molar-refractivity contribution in [3.05, 3.63) is 30.1 Å². The van der Waals surface area contributed by atoms with Gasteiger partial charge in [0.15, 0.2) is 0 Å². The van der Waals surface area contributed by atoms with Crippen LogP contribution in [0.3, 0.4) is 0 Å². The van der Waals surface area contributed by atoms with Crippen molar-refractivity contribution in [1.82, 2.24) is 10.2 Å². The van der Waals surface area contributed by atoms with Crippen molar-refractivity contribution < 1.29 is 9.18 Å². The fourth-order valence-corrected chi connectivity index (χ4v) is 2.56. The molecule has 1 aliphatic rings. The third kappa shape index (κ3) is 5.99. The van der Waals surface area contributed by atoms with Crippen molar-refractivity contribution in [2.45, 2.75) is 25.3 Å². The molecule has 0 radical (unpaired) electrons. The molecule has 6 heteroatoms. The molecule has 1 saturated heterocycles. The van der Waals surface area contributed by atoms with Crippen molar-refractivity contribution in [3.8, 4) is 0 Å². The maximum atomic E-state index is 13.0. The Kier molecular flexibility index (Phi) is 7.64. The predicted molar refractivity (Wildman–Crippen MR) is 85.4 cm³/mol. The zero-order chi connectivity index (χ0) is 14.4. The van der Waals surface area contributed by atoms with Crippen molar-refractivity contribution in [1.29, 1.82) is 0 Å². The van der Waals surface area contributed by atoms with Crippen LogP contribution in [0.5, 0.6) is 0 Å². The maximum Gasteiger partial charge on any atom is 0.238 e. The molecule has 1 heterocycles. The highest BCUT2D eigenvalue weighted by Crippen LogP contribution is 2.12. The topological polar surface area (TPSA) is 44.4 Å². The average Bonchev–Trinajstić information content (AvgIpc) is 2.67. The second kappa shape index (κ2) is 8.97. The molecule has 1 amide bonds. The van der Waals surface area contributed by atoms with Gasteiger partial charge in [0, 0.05) is 11.7 Å². The van der Waals surface area contributed by atoms with E-state index in [1.54, 1.807) is 12.1 Å². The van der Waals surface area contributed by atoms with Crippen molar-refractivity contribution in [2.24, 2.45) is 0 Å². The standard InChI is InChI=1S/C15H22FN3O.ClH/c1-19(14-6-3-8-17-9-7-14)11-15(20)18-13-5-2-4-12(16)10-13;/h2,4-5,10,14,17H,3,6-9,11H2,1H3,(H,18,20);1H. The Morgan fingerprint density at radius 2 is 2.24 bits per heavy atom. The van der Waals surface area contributed by atoms with Gasteiger partial charge in [0.2, 0.25) is 5.91 Å². The summed E-state index contributed by atoms with van der Waals surface area (Å²) in [6.45, 7) is 2.39. The van der Waals surface area contributed by atoms with Gasteiger partial charge in [-0.2, -0.15) is 0 Å². The third-order valence-electron chi connectivity index (χ3n) is 3.67. The number of halogens is 2. The molecular weight excluding hydrogens is 293 g/mol. The molecule has 2 rings (SSSR count). The van der Waals surface area contributed by atoms with E-state index < -0.39 is 0 Å². The van der Waals surface area contributed by atoms with Crippen LogP contribution in [0, 0.1) is 5.82 Å². The van der Waals surface area contributed by atoms with Gasteiger partial charge in [-0.15, -0.1) is 12.4 Å². The lowest BCUT2D eigenvalue weighted by molar-refractivity contribution is -0.117. The summed E-state index contributed by atoms with van der Waals surface area (Å²) >= 11 is 0. The summed E-state index contributed by atoms with van der Waals surface area (Å²) in [5, 5.41) is 6.09. The number of anilines is 1. The molecule has 118 valence electrons. The largest absolute Gasteiger partial charge is 0.325 e. The first-order chi connectivity index (χ1) is 9.65. The van der Waals surface area contributed by atoms with Crippen molar-refractivity contribution >= 4 is 24.0 Å². The Labute approximate surface area is 131 Å². The van der Waals surface area contributed by atoms with E-state index in [0.717, 1.165) is 32.4 Å². The van der Waals surface area contributed by atoms with Crippen LogP contribution in [0.2, 0.25) is 0 Å². The summed E-state index contributed by atoms with van der Waals surface area (Å²) in [7, 11) is 1.97. The van der Waals surface area contributed by atoms with Gasteiger partial charge < -0.3 is 10.6 Å². The van der Waals surface area contributed by atoms with E-state index >= 15 is 0 Å². The first-order valence-corrected chi connectivity index (χ1v) is 7.11. The number of nitrogens with zero attached hydrogens (tertiary/aromatic N) is 1. The Morgan fingerprint density at radius 1 is 1.43 bits per heavy atom. The minimum Gasteiger partial charge on any atom is -0.325 e. The summed E-state index contributed by atoms with van der Waals surface area (Å²) in [6.07, 6.45) is 3.31. The van der Waals surface area contributed by atoms with Crippen molar-refractivity contribution in [3.63, 3.8) is 0 Å². The number of hydrogen-bond donors (Lipinski definition) is 2. The lowest BCUT2D eigenvalue weighted by Crippen LogP contribution is -2.38. The summed E-state index contributed by atoms with van der Waals surface area (Å²) in [4.78, 5) is 14.1. The molecule has 1 aliphatic heterocycles. The van der Waals surface area contributed by atoms with Gasteiger partial charge in [0.1, 0.15) is 5.82 Å². The fourth-order valence-electron chi connectivity index (χ4n) is 2.56. The van der Waals surface area contributed by atoms with Gasteiger partial charge in [0.25, 0.3) is 0 Å². The van der Waals surface area contributed by atoms with Crippen LogP contribution in [-0.2, 0) is 4.79 Å². The van der Waals surface area contributed by atoms with Gasteiger partial charge in [-0.25, -0.2) is 4.39 Å². The van der Waals surface area contributed by atoms with E-state index in [-0.39, 0.29) is 24.1 Å². The molecule has 1 aromatic carbocycles. The number of carbonyl (C=O) groups excluding carboxylic acids is 1. The van der Waals surface area contributed by atoms with E-state index in [2.05, 4.69) is 15.5 Å². The molecular formula is C15H23ClFN3O. The highest BCUT2D eigenvalue weighted by Gasteiger charge is 2.18. The number of carbonyl (C=O) groups is 1. The molecule has 1 fully saturated rings. The summed E-state index contributed by atoms with van der Waals surface area (Å²) in [5.41, 5.74) is 0.505. The summed E-state index contributed by atoms with van der Waals surface area (Å²) in [5.74, 6) is -0.443. The monoisotopic (exact) mass is 315 g/mol. The molecule has 1 unspecified atom stereocenters. The van der Waals surface area contributed by atoms with Gasteiger partial charge >= 0.3 is 0 Å². The number of nitrogens with one attached hydrogen (secondary N) is 2. The minimum atomic E-state index is -0.342. The Morgan fingerprint density at radius 3 is 3.00 bits per heavy atom. The second-order valence-corrected chi connectivity index (χ2v) is 5.31. The molecule has 1 atom stereocenters. The molecule has 21 heavy (non-hydrogen) atoms. The number of amides is 1. The lowest BCUT2D eigenvalue weighted by Gasteiger charge is -2.26. The molecule has 2 N–H and O–H groups in total. The predicted octanol–water partition coefficient (Wildman–Crippen LogP) is 2.26. The first-order valence-electron chi connectivity index (χ1n) is 7.11. The van der Waals surface area contributed by atoms with Gasteiger partial charge in [-0.1, -0.05) is 6.07 Å². The van der Waals surface area contributed by atoms with Crippen LogP contribution in [-0.4, -0.2) is 43.5 Å². The van der Waals surface area contributed by atoms with E-state index in [4.69, 9.17) is 0 Å². The quantitative estimate of drug-likeness (QED) is 0.896. The van der Waals surface area contributed by atoms with Gasteiger partial charge in [-0.05, 0) is 57.6 Å². The zero-order valence-electron chi connectivity index (χ0n) is 12.3. The second-order valence-electron chi connectivity index (χ2n) is 5.31. The summed E-state index contributed by atoms with van der Waals surface area (Å²) < 4.78 is 13.0. The molecule has 1 aromatic rings. The van der Waals surface area contributed by atoms with E-state index in [0.29, 0.717) is 18.3 Å². The molecule has 0 spiro atoms. The van der Waals surface area contributed by atoms with Gasteiger partial charge in [0.05, 0.1) is 6.54 Å². The average molecular weight is 316 g/mol. The fraction of sp³-hybridized carbons (Fsp3) is 0.533. The Hall–Kier alpha value is -1.17. The van der Waals surface area contributed by atoms with Crippen LogP contribution < -0.4 is 10.6 Å². The SMILES string of the molecule is CN(CC(=O)Nc1cccc(F)c1)C1CCCNCC1.Cl. The van der Waals surface area contributed by atoms with Crippen molar-refractivity contribution in [2.75, 3.05) is 32.0 Å². The number of likely N-dealkylation sites (N-methyl/N-ethyl adjacent to an activating group) is 1. The van der Waals surface area contributed by atoms with Crippen LogP contribution in [0.4, 0.5) is 10.1 Å². The molecule has 0 aliphatic carbocycles. The van der Waals surface area contributed by atoms with Gasteiger partial charge in [-0.3, -0.25) is 9.69 Å². The molecule has 4 nitrogen and oxygen atoms in total. The Balaban J connectivity index is 0.00000220. The normalized spacial score (nSPS) is 18.7. The zero-order valence-corrected chi connectivity index (χ0v) is 13.1. The molecule has 0 saturated carbocycles. The van der Waals surface area contributed by atoms with E-state index in [1.807, 2.05) is 7.05 Å². The highest BCUT2D eigenvalue weighted by atomic mass is 35.5.